The molecule has 1 N–H and O–H groups in total. The van der Waals surface area contributed by atoms with E-state index in [0.717, 1.165) is 27.5 Å². The van der Waals surface area contributed by atoms with Crippen molar-refractivity contribution in [1.82, 2.24) is 9.97 Å². The summed E-state index contributed by atoms with van der Waals surface area (Å²) < 4.78 is 5.61. The number of hydrogen-bond acceptors (Lipinski definition) is 5. The number of aryl methyl sites for hydroxylation is 2. The summed E-state index contributed by atoms with van der Waals surface area (Å²) >= 11 is 1.54. The van der Waals surface area contributed by atoms with E-state index in [0.29, 0.717) is 11.4 Å². The van der Waals surface area contributed by atoms with E-state index in [1.807, 2.05) is 79.9 Å². The Morgan fingerprint density at radius 1 is 1.00 bits per heavy atom. The summed E-state index contributed by atoms with van der Waals surface area (Å²) in [6.07, 6.45) is 1.76. The maximum absolute atomic E-state index is 12.3. The minimum absolute atomic E-state index is 0.0484. The van der Waals surface area contributed by atoms with Gasteiger partial charge in [-0.3, -0.25) is 9.78 Å². The van der Waals surface area contributed by atoms with Crippen LogP contribution >= 0.6 is 11.3 Å². The molecule has 0 fully saturated rings. The average Bonchev–Trinajstić information content (AvgIpc) is 3.26. The molecule has 0 atom stereocenters. The predicted octanol–water partition coefficient (Wildman–Crippen LogP) is 5.51. The van der Waals surface area contributed by atoms with Gasteiger partial charge < -0.3 is 10.1 Å². The lowest BCUT2D eigenvalue weighted by Crippen LogP contribution is -2.20. The van der Waals surface area contributed by atoms with Gasteiger partial charge in [0.05, 0.1) is 11.4 Å². The van der Waals surface area contributed by atoms with Crippen molar-refractivity contribution >= 4 is 22.9 Å². The van der Waals surface area contributed by atoms with Gasteiger partial charge in [0.25, 0.3) is 5.91 Å². The van der Waals surface area contributed by atoms with Gasteiger partial charge in [-0.1, -0.05) is 24.3 Å². The number of ether oxygens (including phenoxy) is 1. The topological polar surface area (TPSA) is 64.1 Å². The summed E-state index contributed by atoms with van der Waals surface area (Å²) in [4.78, 5) is 21.3. The van der Waals surface area contributed by atoms with Gasteiger partial charge in [0.15, 0.2) is 6.61 Å². The quantitative estimate of drug-likeness (QED) is 0.451. The van der Waals surface area contributed by atoms with Gasteiger partial charge in [-0.2, -0.15) is 0 Å². The van der Waals surface area contributed by atoms with Gasteiger partial charge in [0.2, 0.25) is 0 Å². The van der Waals surface area contributed by atoms with Crippen LogP contribution in [0.25, 0.3) is 22.0 Å². The van der Waals surface area contributed by atoms with Crippen LogP contribution in [0.4, 0.5) is 5.69 Å². The zero-order chi connectivity index (χ0) is 20.9. The molecule has 2 aromatic heterocycles. The number of pyridine rings is 1. The number of aromatic nitrogens is 2. The molecule has 1 amide bonds. The zero-order valence-electron chi connectivity index (χ0n) is 16.8. The molecule has 2 heterocycles. The Morgan fingerprint density at radius 3 is 2.70 bits per heavy atom. The molecule has 4 rings (SSSR count). The van der Waals surface area contributed by atoms with Crippen molar-refractivity contribution in [2.45, 2.75) is 13.8 Å². The lowest BCUT2D eigenvalue weighted by Gasteiger charge is -2.09. The molecular weight excluding hydrogens is 394 g/mol. The van der Waals surface area contributed by atoms with Gasteiger partial charge in [0, 0.05) is 22.8 Å². The second kappa shape index (κ2) is 8.88. The molecule has 2 aromatic carbocycles. The van der Waals surface area contributed by atoms with E-state index in [2.05, 4.69) is 15.3 Å². The number of benzene rings is 2. The number of hydrogen-bond donors (Lipinski definition) is 1. The van der Waals surface area contributed by atoms with E-state index in [-0.39, 0.29) is 12.5 Å². The smallest absolute Gasteiger partial charge is 0.262 e. The van der Waals surface area contributed by atoms with Gasteiger partial charge >= 0.3 is 0 Å². The highest BCUT2D eigenvalue weighted by atomic mass is 32.1. The summed E-state index contributed by atoms with van der Waals surface area (Å²) in [5.74, 6) is 0.476. The molecule has 0 aliphatic rings. The van der Waals surface area contributed by atoms with E-state index >= 15 is 0 Å². The third kappa shape index (κ3) is 4.72. The summed E-state index contributed by atoms with van der Waals surface area (Å²) in [6.45, 7) is 4.01. The molecule has 4 aromatic rings. The fraction of sp³-hybridized carbons (Fsp3) is 0.125. The minimum Gasteiger partial charge on any atom is -0.484 e. The van der Waals surface area contributed by atoms with Crippen LogP contribution in [0.3, 0.4) is 0 Å². The average molecular weight is 416 g/mol. The third-order valence-electron chi connectivity index (χ3n) is 4.68. The van der Waals surface area contributed by atoms with E-state index < -0.39 is 0 Å². The Labute approximate surface area is 179 Å². The molecule has 0 saturated heterocycles. The number of thiazole rings is 1. The highest BCUT2D eigenvalue weighted by Gasteiger charge is 2.09. The van der Waals surface area contributed by atoms with Crippen molar-refractivity contribution < 1.29 is 9.53 Å². The van der Waals surface area contributed by atoms with E-state index in [1.54, 1.807) is 17.5 Å². The summed E-state index contributed by atoms with van der Waals surface area (Å²) in [6, 6.07) is 19.2. The number of nitrogens with zero attached hydrogens (tertiary/aromatic N) is 2. The summed E-state index contributed by atoms with van der Waals surface area (Å²) in [7, 11) is 0. The van der Waals surface area contributed by atoms with Crippen LogP contribution in [-0.4, -0.2) is 22.5 Å². The first-order valence-corrected chi connectivity index (χ1v) is 10.4. The SMILES string of the molecule is Cc1ccc(OCC(=O)Nc2cccc(-c3csc(-c4ccccn4)n3)c2)cc1C. The molecule has 0 bridgehead atoms. The van der Waals surface area contributed by atoms with Gasteiger partial charge in [0.1, 0.15) is 10.8 Å². The van der Waals surface area contributed by atoms with E-state index in [1.165, 1.54) is 5.56 Å². The second-order valence-corrected chi connectivity index (χ2v) is 7.77. The first kappa shape index (κ1) is 19.8. The molecule has 5 nitrogen and oxygen atoms in total. The lowest BCUT2D eigenvalue weighted by molar-refractivity contribution is -0.118. The zero-order valence-corrected chi connectivity index (χ0v) is 17.6. The van der Waals surface area contributed by atoms with E-state index in [9.17, 15) is 4.79 Å². The first-order chi connectivity index (χ1) is 14.6. The maximum Gasteiger partial charge on any atom is 0.262 e. The molecule has 0 radical (unpaired) electrons. The molecule has 0 saturated carbocycles. The van der Waals surface area contributed by atoms with Crippen LogP contribution in [0, 0.1) is 13.8 Å². The maximum atomic E-state index is 12.3. The van der Waals surface area contributed by atoms with Crippen LogP contribution in [0.2, 0.25) is 0 Å². The third-order valence-corrected chi connectivity index (χ3v) is 5.54. The minimum atomic E-state index is -0.210. The second-order valence-electron chi connectivity index (χ2n) is 6.92. The molecular formula is C24H21N3O2S. The molecule has 0 unspecified atom stereocenters. The fourth-order valence-electron chi connectivity index (χ4n) is 2.92. The van der Waals surface area contributed by atoms with Crippen LogP contribution in [0.1, 0.15) is 11.1 Å². The van der Waals surface area contributed by atoms with Crippen molar-refractivity contribution in [2.24, 2.45) is 0 Å². The number of amides is 1. The van der Waals surface area contributed by atoms with Crippen LogP contribution in [-0.2, 0) is 4.79 Å². The van der Waals surface area contributed by atoms with Crippen LogP contribution < -0.4 is 10.1 Å². The Hall–Kier alpha value is -3.51. The van der Waals surface area contributed by atoms with Gasteiger partial charge in [-0.25, -0.2) is 4.98 Å². The normalized spacial score (nSPS) is 10.6. The van der Waals surface area contributed by atoms with Gasteiger partial charge in [-0.15, -0.1) is 11.3 Å². The Bertz CT molecular complexity index is 1170. The number of rotatable bonds is 6. The fourth-order valence-corrected chi connectivity index (χ4v) is 3.72. The molecule has 30 heavy (non-hydrogen) atoms. The van der Waals surface area contributed by atoms with E-state index in [4.69, 9.17) is 4.74 Å². The highest BCUT2D eigenvalue weighted by Crippen LogP contribution is 2.29. The molecule has 6 heteroatoms. The Morgan fingerprint density at radius 2 is 1.90 bits per heavy atom. The lowest BCUT2D eigenvalue weighted by atomic mass is 10.1. The predicted molar refractivity (Wildman–Crippen MR) is 121 cm³/mol. The van der Waals surface area contributed by atoms with Crippen molar-refractivity contribution in [3.05, 3.63) is 83.4 Å². The molecule has 150 valence electrons. The van der Waals surface area contributed by atoms with Crippen LogP contribution in [0.15, 0.2) is 72.2 Å². The number of nitrogens with one attached hydrogen (secondary N) is 1. The molecule has 0 aliphatic carbocycles. The van der Waals surface area contributed by atoms with Crippen molar-refractivity contribution in [1.29, 1.82) is 0 Å². The van der Waals surface area contributed by atoms with Crippen molar-refractivity contribution in [3.63, 3.8) is 0 Å². The highest BCUT2D eigenvalue weighted by molar-refractivity contribution is 7.13. The number of anilines is 1. The summed E-state index contributed by atoms with van der Waals surface area (Å²) in [5.41, 5.74) is 5.66. The largest absolute Gasteiger partial charge is 0.484 e. The Kier molecular flexibility index (Phi) is 5.86. The van der Waals surface area contributed by atoms with Crippen molar-refractivity contribution in [2.75, 3.05) is 11.9 Å². The van der Waals surface area contributed by atoms with Gasteiger partial charge in [-0.05, 0) is 61.4 Å². The Balaban J connectivity index is 1.41. The summed E-state index contributed by atoms with van der Waals surface area (Å²) in [5, 5.41) is 5.74. The number of carbonyl (C=O) groups is 1. The molecule has 0 aliphatic heterocycles. The van der Waals surface area contributed by atoms with Crippen LogP contribution in [0.5, 0.6) is 5.75 Å². The standard InChI is InChI=1S/C24H21N3O2S/c1-16-9-10-20(12-17(16)2)29-14-23(28)26-19-7-5-6-18(13-19)22-15-30-24(27-22)21-8-3-4-11-25-21/h3-13,15H,14H2,1-2H3,(H,26,28). The monoisotopic (exact) mass is 415 g/mol. The molecule has 0 spiro atoms. The first-order valence-electron chi connectivity index (χ1n) is 9.56. The van der Waals surface area contributed by atoms with Crippen molar-refractivity contribution in [3.8, 4) is 27.7 Å². The number of carbonyl (C=O) groups excluding carboxylic acids is 1.